The molecule has 120 valence electrons. The van der Waals surface area contributed by atoms with E-state index in [4.69, 9.17) is 27.9 Å². The maximum Gasteiger partial charge on any atom is 0.276 e. The van der Waals surface area contributed by atoms with Crippen LogP contribution in [0, 0.1) is 5.82 Å². The molecule has 0 aliphatic carbocycles. The number of hydrazine groups is 1. The predicted molar refractivity (Wildman–Crippen MR) is 84.0 cm³/mol. The van der Waals surface area contributed by atoms with Crippen molar-refractivity contribution in [3.8, 4) is 5.75 Å². The Balaban J connectivity index is 1.79. The lowest BCUT2D eigenvalue weighted by molar-refractivity contribution is -0.123. The van der Waals surface area contributed by atoms with Gasteiger partial charge in [-0.2, -0.15) is 0 Å². The minimum atomic E-state index is -0.590. The molecule has 0 aliphatic rings. The van der Waals surface area contributed by atoms with Gasteiger partial charge in [-0.1, -0.05) is 23.2 Å². The van der Waals surface area contributed by atoms with Crippen molar-refractivity contribution in [1.29, 1.82) is 0 Å². The van der Waals surface area contributed by atoms with Crippen LogP contribution in [-0.2, 0) is 4.79 Å². The van der Waals surface area contributed by atoms with Gasteiger partial charge in [0.15, 0.2) is 6.61 Å². The molecule has 2 aromatic rings. The van der Waals surface area contributed by atoms with E-state index >= 15 is 0 Å². The minimum absolute atomic E-state index is 0.112. The zero-order valence-electron chi connectivity index (χ0n) is 11.6. The number of carbonyl (C=O) groups excluding carboxylic acids is 2. The highest BCUT2D eigenvalue weighted by Crippen LogP contribution is 2.20. The molecule has 0 atom stereocenters. The van der Waals surface area contributed by atoms with E-state index in [1.807, 2.05) is 0 Å². The van der Waals surface area contributed by atoms with Crippen LogP contribution in [0.3, 0.4) is 0 Å². The Morgan fingerprint density at radius 3 is 2.39 bits per heavy atom. The van der Waals surface area contributed by atoms with Gasteiger partial charge >= 0.3 is 0 Å². The average Bonchev–Trinajstić information content (AvgIpc) is 2.54. The van der Waals surface area contributed by atoms with E-state index in [9.17, 15) is 14.0 Å². The summed E-state index contributed by atoms with van der Waals surface area (Å²) in [4.78, 5) is 23.3. The van der Waals surface area contributed by atoms with Gasteiger partial charge in [-0.3, -0.25) is 20.4 Å². The highest BCUT2D eigenvalue weighted by Gasteiger charge is 2.08. The van der Waals surface area contributed by atoms with Crippen molar-refractivity contribution in [2.45, 2.75) is 0 Å². The number of rotatable bonds is 4. The number of carbonyl (C=O) groups is 2. The molecule has 2 rings (SSSR count). The predicted octanol–water partition coefficient (Wildman–Crippen LogP) is 2.97. The third kappa shape index (κ3) is 5.12. The zero-order valence-corrected chi connectivity index (χ0v) is 13.1. The van der Waals surface area contributed by atoms with Crippen LogP contribution in [0.2, 0.25) is 10.0 Å². The first-order chi connectivity index (χ1) is 11.0. The van der Waals surface area contributed by atoms with E-state index in [1.54, 1.807) is 12.1 Å². The minimum Gasteiger partial charge on any atom is -0.484 e. The second kappa shape index (κ2) is 7.80. The van der Waals surface area contributed by atoms with Crippen molar-refractivity contribution in [3.63, 3.8) is 0 Å². The number of halogens is 3. The highest BCUT2D eigenvalue weighted by atomic mass is 35.5. The number of amides is 2. The summed E-state index contributed by atoms with van der Waals surface area (Å²) >= 11 is 11.3. The van der Waals surface area contributed by atoms with Gasteiger partial charge in [0.25, 0.3) is 11.8 Å². The Bertz CT molecular complexity index is 723. The lowest BCUT2D eigenvalue weighted by Crippen LogP contribution is -2.43. The fraction of sp³-hybridized carbons (Fsp3) is 0.0667. The number of benzene rings is 2. The molecule has 23 heavy (non-hydrogen) atoms. The molecule has 0 saturated heterocycles. The fourth-order valence-corrected chi connectivity index (χ4v) is 1.85. The second-order valence-electron chi connectivity index (χ2n) is 4.37. The van der Waals surface area contributed by atoms with Crippen molar-refractivity contribution in [3.05, 3.63) is 63.9 Å². The molecule has 8 heteroatoms. The van der Waals surface area contributed by atoms with Crippen LogP contribution in [0.25, 0.3) is 0 Å². The Morgan fingerprint density at radius 1 is 1.04 bits per heavy atom. The number of nitrogens with one attached hydrogen (secondary N) is 2. The normalized spacial score (nSPS) is 10.0. The lowest BCUT2D eigenvalue weighted by Gasteiger charge is -2.09. The Hall–Kier alpha value is -2.31. The van der Waals surface area contributed by atoms with E-state index in [-0.39, 0.29) is 17.4 Å². The standard InChI is InChI=1S/C15H11Cl2FN2O3/c16-10-3-1-9(2-4-10)15(22)20-19-14(21)8-23-11-5-6-13(18)12(17)7-11/h1-7H,8H2,(H,19,21)(H,20,22). The van der Waals surface area contributed by atoms with Gasteiger partial charge in [0, 0.05) is 16.7 Å². The molecule has 0 unspecified atom stereocenters. The number of hydrogen-bond donors (Lipinski definition) is 2. The molecule has 0 heterocycles. The van der Waals surface area contributed by atoms with Gasteiger partial charge in [-0.05, 0) is 36.4 Å². The highest BCUT2D eigenvalue weighted by molar-refractivity contribution is 6.31. The molecule has 0 saturated carbocycles. The van der Waals surface area contributed by atoms with E-state index in [0.717, 1.165) is 6.07 Å². The monoisotopic (exact) mass is 356 g/mol. The lowest BCUT2D eigenvalue weighted by atomic mass is 10.2. The summed E-state index contributed by atoms with van der Waals surface area (Å²) in [6.07, 6.45) is 0. The van der Waals surface area contributed by atoms with Gasteiger partial charge in [0.05, 0.1) is 5.02 Å². The maximum absolute atomic E-state index is 13.0. The summed E-state index contributed by atoms with van der Waals surface area (Å²) in [6, 6.07) is 9.84. The van der Waals surface area contributed by atoms with E-state index < -0.39 is 17.6 Å². The molecule has 0 radical (unpaired) electrons. The van der Waals surface area contributed by atoms with Crippen molar-refractivity contribution >= 4 is 35.0 Å². The molecule has 0 bridgehead atoms. The fourth-order valence-electron chi connectivity index (χ4n) is 1.55. The molecule has 0 spiro atoms. The van der Waals surface area contributed by atoms with Crippen LogP contribution < -0.4 is 15.6 Å². The van der Waals surface area contributed by atoms with Crippen molar-refractivity contribution in [2.75, 3.05) is 6.61 Å². The van der Waals surface area contributed by atoms with E-state index in [2.05, 4.69) is 10.9 Å². The smallest absolute Gasteiger partial charge is 0.276 e. The summed E-state index contributed by atoms with van der Waals surface area (Å²) in [5.41, 5.74) is 4.75. The molecule has 0 aliphatic heterocycles. The molecule has 2 aromatic carbocycles. The van der Waals surface area contributed by atoms with Crippen LogP contribution in [0.5, 0.6) is 5.75 Å². The van der Waals surface area contributed by atoms with Crippen LogP contribution in [0.1, 0.15) is 10.4 Å². The van der Waals surface area contributed by atoms with Crippen molar-refractivity contribution in [2.24, 2.45) is 0 Å². The van der Waals surface area contributed by atoms with Crippen molar-refractivity contribution < 1.29 is 18.7 Å². The van der Waals surface area contributed by atoms with E-state index in [0.29, 0.717) is 10.6 Å². The zero-order chi connectivity index (χ0) is 16.8. The SMILES string of the molecule is O=C(COc1ccc(F)c(Cl)c1)NNC(=O)c1ccc(Cl)cc1. The number of hydrogen-bond acceptors (Lipinski definition) is 3. The van der Waals surface area contributed by atoms with Gasteiger partial charge in [0.1, 0.15) is 11.6 Å². The molecule has 0 fully saturated rings. The summed E-state index contributed by atoms with van der Waals surface area (Å²) in [6.45, 7) is -0.372. The number of ether oxygens (including phenoxy) is 1. The van der Waals surface area contributed by atoms with Crippen LogP contribution >= 0.6 is 23.2 Å². The average molecular weight is 357 g/mol. The first kappa shape index (κ1) is 17.1. The van der Waals surface area contributed by atoms with Crippen LogP contribution in [-0.4, -0.2) is 18.4 Å². The van der Waals surface area contributed by atoms with Gasteiger partial charge < -0.3 is 4.74 Å². The summed E-state index contributed by atoms with van der Waals surface area (Å²) in [5, 5.41) is 0.385. The Labute approximate surface area is 141 Å². The quantitative estimate of drug-likeness (QED) is 0.827. The molecule has 2 amide bonds. The third-order valence-electron chi connectivity index (χ3n) is 2.68. The molecular weight excluding hydrogens is 346 g/mol. The van der Waals surface area contributed by atoms with Crippen LogP contribution in [0.4, 0.5) is 4.39 Å². The van der Waals surface area contributed by atoms with Gasteiger partial charge in [-0.25, -0.2) is 4.39 Å². The molecule has 0 aromatic heterocycles. The summed E-state index contributed by atoms with van der Waals surface area (Å²) in [5.74, 6) is -1.44. The molecule has 5 nitrogen and oxygen atoms in total. The van der Waals surface area contributed by atoms with Crippen LogP contribution in [0.15, 0.2) is 42.5 Å². The second-order valence-corrected chi connectivity index (χ2v) is 5.22. The Kier molecular flexibility index (Phi) is 5.78. The maximum atomic E-state index is 13.0. The van der Waals surface area contributed by atoms with Crippen molar-refractivity contribution in [1.82, 2.24) is 10.9 Å². The molecule has 2 N–H and O–H groups in total. The summed E-state index contributed by atoms with van der Waals surface area (Å²) < 4.78 is 18.1. The Morgan fingerprint density at radius 2 is 1.74 bits per heavy atom. The van der Waals surface area contributed by atoms with E-state index in [1.165, 1.54) is 24.3 Å². The molecular formula is C15H11Cl2FN2O3. The first-order valence-corrected chi connectivity index (χ1v) is 7.14. The third-order valence-corrected chi connectivity index (χ3v) is 3.22. The largest absolute Gasteiger partial charge is 0.484 e. The van der Waals surface area contributed by atoms with Gasteiger partial charge in [-0.15, -0.1) is 0 Å². The van der Waals surface area contributed by atoms with Gasteiger partial charge in [0.2, 0.25) is 0 Å². The topological polar surface area (TPSA) is 67.4 Å². The summed E-state index contributed by atoms with van der Waals surface area (Å²) in [7, 11) is 0. The first-order valence-electron chi connectivity index (χ1n) is 6.38.